The molecule has 0 spiro atoms. The van der Waals surface area contributed by atoms with Crippen molar-refractivity contribution in [2.75, 3.05) is 9.80 Å². The van der Waals surface area contributed by atoms with E-state index in [1.54, 1.807) is 6.20 Å². The van der Waals surface area contributed by atoms with Gasteiger partial charge in [-0.1, -0.05) is 128 Å². The number of hydrogen-bond donors (Lipinski definition) is 0. The average Bonchev–Trinajstić information content (AvgIpc) is 3.30. The van der Waals surface area contributed by atoms with E-state index in [1.807, 2.05) is 97.2 Å². The van der Waals surface area contributed by atoms with Crippen molar-refractivity contribution in [3.63, 3.8) is 0 Å². The predicted octanol–water partition coefficient (Wildman–Crippen LogP) is 13.1. The second kappa shape index (κ2) is 14.8. The molecule has 2 unspecified atom stereocenters. The summed E-state index contributed by atoms with van der Waals surface area (Å²) in [6, 6.07) is 60.4. The third-order valence-electron chi connectivity index (χ3n) is 11.4. The molecule has 2 atom stereocenters. The second-order valence-corrected chi connectivity index (χ2v) is 14.9. The van der Waals surface area contributed by atoms with Gasteiger partial charge in [0.15, 0.2) is 0 Å². The van der Waals surface area contributed by atoms with Crippen molar-refractivity contribution < 1.29 is 0 Å². The zero-order chi connectivity index (χ0) is 39.9. The molecule has 278 valence electrons. The molecule has 10 rings (SSSR count). The standard InChI is InChI=1S/C53H36N6/c1-35-30-41(37-14-6-3-7-15-37)32-43(34-55)53(35)59(50-17-9-11-29-57-50)48-27-21-39-18-23-44-47(26-20-38-19-24-45(48)52(39)51(38)44)58(49-16-8-10-28-56-49)46-25-22-40(31-42(46)33-54)36-12-4-2-5-13-36/h2-32,35,53H,1H3. The molecule has 2 aromatic heterocycles. The Balaban J connectivity index is 1.18. The summed E-state index contributed by atoms with van der Waals surface area (Å²) < 4.78 is 0. The highest BCUT2D eigenvalue weighted by Gasteiger charge is 2.34. The van der Waals surface area contributed by atoms with Crippen LogP contribution in [0.5, 0.6) is 0 Å². The lowest BCUT2D eigenvalue weighted by Gasteiger charge is -2.38. The Labute approximate surface area is 342 Å². The summed E-state index contributed by atoms with van der Waals surface area (Å²) in [6.45, 7) is 2.18. The largest absolute Gasteiger partial charge is 0.317 e. The molecule has 0 N–H and O–H groups in total. The molecule has 9 aromatic rings. The highest BCUT2D eigenvalue weighted by Crippen LogP contribution is 2.48. The Bertz CT molecular complexity index is 3150. The van der Waals surface area contributed by atoms with Gasteiger partial charge < -0.3 is 4.90 Å². The lowest BCUT2D eigenvalue weighted by Crippen LogP contribution is -2.39. The van der Waals surface area contributed by atoms with Crippen LogP contribution in [0.3, 0.4) is 0 Å². The third-order valence-corrected chi connectivity index (χ3v) is 11.4. The maximum absolute atomic E-state index is 10.8. The van der Waals surface area contributed by atoms with E-state index in [9.17, 15) is 10.5 Å². The Morgan fingerprint density at radius 2 is 1.10 bits per heavy atom. The number of nitriles is 2. The van der Waals surface area contributed by atoms with Crippen molar-refractivity contribution in [1.82, 2.24) is 9.97 Å². The van der Waals surface area contributed by atoms with Crippen LogP contribution >= 0.6 is 0 Å². The Hall–Kier alpha value is -8.06. The van der Waals surface area contributed by atoms with E-state index in [1.165, 1.54) is 0 Å². The fourth-order valence-corrected chi connectivity index (χ4v) is 8.82. The molecule has 0 amide bonds. The van der Waals surface area contributed by atoms with E-state index in [0.717, 1.165) is 77.5 Å². The molecule has 0 radical (unpaired) electrons. The van der Waals surface area contributed by atoms with Crippen molar-refractivity contribution in [2.45, 2.75) is 13.0 Å². The van der Waals surface area contributed by atoms with Crippen LogP contribution in [0.25, 0.3) is 49.0 Å². The van der Waals surface area contributed by atoms with Gasteiger partial charge >= 0.3 is 0 Å². The normalized spacial score (nSPS) is 15.0. The molecule has 1 aliphatic carbocycles. The molecule has 2 heterocycles. The summed E-state index contributed by atoms with van der Waals surface area (Å²) in [7, 11) is 0. The highest BCUT2D eigenvalue weighted by molar-refractivity contribution is 6.28. The molecule has 7 aromatic carbocycles. The van der Waals surface area contributed by atoms with Gasteiger partial charge in [-0.3, -0.25) is 4.90 Å². The summed E-state index contributed by atoms with van der Waals surface area (Å²) in [4.78, 5) is 14.1. The summed E-state index contributed by atoms with van der Waals surface area (Å²) in [5, 5.41) is 27.9. The molecular weight excluding hydrogens is 721 g/mol. The Morgan fingerprint density at radius 3 is 1.73 bits per heavy atom. The van der Waals surface area contributed by atoms with Gasteiger partial charge in [0.25, 0.3) is 0 Å². The zero-order valence-corrected chi connectivity index (χ0v) is 32.2. The smallest absolute Gasteiger partial charge is 0.137 e. The number of aromatic nitrogens is 2. The average molecular weight is 757 g/mol. The van der Waals surface area contributed by atoms with E-state index < -0.39 is 0 Å². The predicted molar refractivity (Wildman–Crippen MR) is 240 cm³/mol. The van der Waals surface area contributed by atoms with E-state index in [0.29, 0.717) is 17.0 Å². The molecule has 0 bridgehead atoms. The molecule has 0 saturated heterocycles. The lowest BCUT2D eigenvalue weighted by molar-refractivity contribution is 0.593. The fourth-order valence-electron chi connectivity index (χ4n) is 8.82. The van der Waals surface area contributed by atoms with Gasteiger partial charge in [0.05, 0.1) is 40.3 Å². The van der Waals surface area contributed by atoms with Crippen LogP contribution in [-0.4, -0.2) is 16.0 Å². The summed E-state index contributed by atoms with van der Waals surface area (Å²) in [6.07, 6.45) is 7.90. The topological polar surface area (TPSA) is 79.8 Å². The SMILES string of the molecule is CC1C=C(c2ccccc2)C=C(C#N)C1N(c1ccccn1)c1ccc2ccc3c(N(c4ccccn4)c4ccc(-c5ccccc5)cc4C#N)ccc4ccc1c2c43. The summed E-state index contributed by atoms with van der Waals surface area (Å²) in [5.41, 5.74) is 7.99. The lowest BCUT2D eigenvalue weighted by atomic mass is 9.83. The highest BCUT2D eigenvalue weighted by atomic mass is 15.2. The number of rotatable bonds is 8. The first kappa shape index (κ1) is 35.4. The first-order valence-electron chi connectivity index (χ1n) is 19.7. The van der Waals surface area contributed by atoms with Gasteiger partial charge in [0.1, 0.15) is 17.7 Å². The molecule has 6 nitrogen and oxygen atoms in total. The van der Waals surface area contributed by atoms with Crippen LogP contribution < -0.4 is 9.80 Å². The van der Waals surface area contributed by atoms with Gasteiger partial charge in [-0.05, 0) is 98.4 Å². The molecule has 0 fully saturated rings. The molecule has 1 aliphatic rings. The number of benzene rings is 7. The molecule has 59 heavy (non-hydrogen) atoms. The van der Waals surface area contributed by atoms with Crippen molar-refractivity contribution in [3.8, 4) is 23.3 Å². The Morgan fingerprint density at radius 1 is 0.525 bits per heavy atom. The first-order valence-corrected chi connectivity index (χ1v) is 19.7. The van der Waals surface area contributed by atoms with E-state index in [2.05, 4.69) is 114 Å². The van der Waals surface area contributed by atoms with Gasteiger partial charge in [-0.2, -0.15) is 10.5 Å². The van der Waals surface area contributed by atoms with E-state index in [-0.39, 0.29) is 12.0 Å². The van der Waals surface area contributed by atoms with E-state index in [4.69, 9.17) is 9.97 Å². The van der Waals surface area contributed by atoms with Gasteiger partial charge in [0.2, 0.25) is 0 Å². The van der Waals surface area contributed by atoms with Gasteiger partial charge in [-0.25, -0.2) is 9.97 Å². The number of pyridine rings is 2. The van der Waals surface area contributed by atoms with Crippen LogP contribution in [0.4, 0.5) is 28.7 Å². The minimum absolute atomic E-state index is 0.0217. The van der Waals surface area contributed by atoms with Crippen LogP contribution in [0.15, 0.2) is 194 Å². The van der Waals surface area contributed by atoms with Crippen molar-refractivity contribution >= 4 is 66.6 Å². The minimum Gasteiger partial charge on any atom is -0.317 e. The van der Waals surface area contributed by atoms with Crippen molar-refractivity contribution in [3.05, 3.63) is 205 Å². The van der Waals surface area contributed by atoms with Crippen molar-refractivity contribution in [1.29, 1.82) is 10.5 Å². The zero-order valence-electron chi connectivity index (χ0n) is 32.2. The summed E-state index contributed by atoms with van der Waals surface area (Å²) >= 11 is 0. The maximum Gasteiger partial charge on any atom is 0.137 e. The quantitative estimate of drug-likeness (QED) is 0.144. The van der Waals surface area contributed by atoms with Crippen molar-refractivity contribution in [2.24, 2.45) is 5.92 Å². The first-order chi connectivity index (χ1) is 29.1. The van der Waals surface area contributed by atoms with Crippen LogP contribution in [0.1, 0.15) is 18.1 Å². The number of hydrogen-bond acceptors (Lipinski definition) is 6. The molecule has 6 heteroatoms. The number of anilines is 5. The van der Waals surface area contributed by atoms with Crippen LogP contribution in [-0.2, 0) is 0 Å². The van der Waals surface area contributed by atoms with Gasteiger partial charge in [-0.15, -0.1) is 0 Å². The van der Waals surface area contributed by atoms with Crippen LogP contribution in [0.2, 0.25) is 0 Å². The molecule has 0 aliphatic heterocycles. The number of nitrogens with zero attached hydrogens (tertiary/aromatic N) is 6. The minimum atomic E-state index is -0.306. The maximum atomic E-state index is 10.8. The Kier molecular flexibility index (Phi) is 8.86. The second-order valence-electron chi connectivity index (χ2n) is 14.9. The fraction of sp³-hybridized carbons (Fsp3) is 0.0566. The van der Waals surface area contributed by atoms with Gasteiger partial charge in [0, 0.05) is 29.1 Å². The summed E-state index contributed by atoms with van der Waals surface area (Å²) in [5.74, 6) is 1.45. The monoisotopic (exact) mass is 756 g/mol. The molecule has 0 saturated carbocycles. The van der Waals surface area contributed by atoms with Crippen LogP contribution in [0, 0.1) is 28.6 Å². The van der Waals surface area contributed by atoms with E-state index >= 15 is 0 Å². The number of allylic oxidation sites excluding steroid dienone is 2. The molecular formula is C53H36N6. The third kappa shape index (κ3) is 6.12.